The van der Waals surface area contributed by atoms with Crippen molar-refractivity contribution in [2.75, 3.05) is 39.6 Å². The first-order valence-corrected chi connectivity index (χ1v) is 44.8. The van der Waals surface area contributed by atoms with E-state index in [1.54, 1.807) is 0 Å². The van der Waals surface area contributed by atoms with E-state index in [2.05, 4.69) is 48.5 Å². The standard InChI is InChI=1S/C81H158O17P2/c1-8-9-10-11-12-13-14-15-16-17-18-19-22-26-29-34-43-50-57-64-80(85)97-76(68-91-78(83)62-55-48-41-33-28-25-23-20-21-24-27-31-38-45-52-59-72(2)3)70-95-99(87,88)93-66-75(82)67-94-100(89,90)96-71-77(69-92-79(84)63-56-49-42-37-36-40-47-54-61-74(6)7)98-81(86)65-58-51-44-35-30-32-39-46-53-60-73(4)5/h72-77,82H,8-71H2,1-7H3,(H,87,88)(H,89,90)/t75-,76-,77-/m1/s1. The summed E-state index contributed by atoms with van der Waals surface area (Å²) in [6.07, 6.45) is 59.8. The molecule has 0 saturated carbocycles. The Bertz CT molecular complexity index is 1940. The zero-order valence-electron chi connectivity index (χ0n) is 65.7. The number of unbranched alkanes of at least 4 members (excludes halogenated alkanes) is 47. The van der Waals surface area contributed by atoms with Gasteiger partial charge in [-0.3, -0.25) is 37.3 Å². The first-order chi connectivity index (χ1) is 48.2. The molecule has 0 rings (SSSR count). The lowest BCUT2D eigenvalue weighted by atomic mass is 10.0. The number of hydrogen-bond acceptors (Lipinski definition) is 15. The maximum absolute atomic E-state index is 13.1. The van der Waals surface area contributed by atoms with Crippen molar-refractivity contribution in [2.24, 2.45) is 17.8 Å². The minimum Gasteiger partial charge on any atom is -0.462 e. The van der Waals surface area contributed by atoms with E-state index in [0.717, 1.165) is 108 Å². The zero-order chi connectivity index (χ0) is 73.7. The molecule has 0 aliphatic heterocycles. The van der Waals surface area contributed by atoms with Crippen molar-refractivity contribution in [1.82, 2.24) is 0 Å². The molecule has 0 radical (unpaired) electrons. The second kappa shape index (κ2) is 71.3. The summed E-state index contributed by atoms with van der Waals surface area (Å²) in [5.74, 6) is 0.157. The van der Waals surface area contributed by atoms with Crippen molar-refractivity contribution in [1.29, 1.82) is 0 Å². The van der Waals surface area contributed by atoms with Crippen LogP contribution < -0.4 is 0 Å². The van der Waals surface area contributed by atoms with Crippen LogP contribution in [0.4, 0.5) is 0 Å². The van der Waals surface area contributed by atoms with Crippen molar-refractivity contribution >= 4 is 39.5 Å². The van der Waals surface area contributed by atoms with Crippen molar-refractivity contribution in [2.45, 2.75) is 439 Å². The fourth-order valence-electron chi connectivity index (χ4n) is 12.5. The number of carbonyl (C=O) groups excluding carboxylic acids is 4. The summed E-state index contributed by atoms with van der Waals surface area (Å²) in [5.41, 5.74) is 0. The molecule has 0 aromatic carbocycles. The molecular weight excluding hydrogens is 1310 g/mol. The van der Waals surface area contributed by atoms with Gasteiger partial charge in [0.1, 0.15) is 19.3 Å². The van der Waals surface area contributed by atoms with Gasteiger partial charge in [0.25, 0.3) is 0 Å². The number of aliphatic hydroxyl groups excluding tert-OH is 1. The van der Waals surface area contributed by atoms with E-state index in [9.17, 15) is 43.2 Å². The monoisotopic (exact) mass is 1470 g/mol. The van der Waals surface area contributed by atoms with Crippen LogP contribution in [0, 0.1) is 17.8 Å². The minimum atomic E-state index is -4.96. The van der Waals surface area contributed by atoms with Crippen molar-refractivity contribution in [3.05, 3.63) is 0 Å². The van der Waals surface area contributed by atoms with Crippen LogP contribution in [0.15, 0.2) is 0 Å². The molecule has 0 spiro atoms. The Morgan fingerprint density at radius 2 is 0.460 bits per heavy atom. The fourth-order valence-corrected chi connectivity index (χ4v) is 14.1. The van der Waals surface area contributed by atoms with Gasteiger partial charge in [-0.1, -0.05) is 370 Å². The third kappa shape index (κ3) is 74.3. The maximum atomic E-state index is 13.1. The SMILES string of the molecule is CCCCCCCCCCCCCCCCCCCCCC(=O)O[C@H](COC(=O)CCCCCCCCCCCCCCCCCC(C)C)COP(=O)(O)OC[C@@H](O)COP(=O)(O)OC[C@@H](COC(=O)CCCCCCCCCCC(C)C)OC(=O)CCCCCCCCCCCC(C)C. The highest BCUT2D eigenvalue weighted by Crippen LogP contribution is 2.45. The van der Waals surface area contributed by atoms with Crippen LogP contribution in [0.25, 0.3) is 0 Å². The average Bonchev–Trinajstić information content (AvgIpc) is 0.955. The number of ether oxygens (including phenoxy) is 4. The van der Waals surface area contributed by atoms with Gasteiger partial charge in [0, 0.05) is 25.7 Å². The van der Waals surface area contributed by atoms with E-state index in [1.807, 2.05) is 0 Å². The van der Waals surface area contributed by atoms with Crippen LogP contribution in [0.5, 0.6) is 0 Å². The summed E-state index contributed by atoms with van der Waals surface area (Å²) in [5, 5.41) is 10.6. The Morgan fingerprint density at radius 3 is 0.680 bits per heavy atom. The number of phosphoric ester groups is 2. The van der Waals surface area contributed by atoms with Gasteiger partial charge in [-0.2, -0.15) is 0 Å². The van der Waals surface area contributed by atoms with Gasteiger partial charge in [-0.15, -0.1) is 0 Å². The number of aliphatic hydroxyl groups is 1. The van der Waals surface area contributed by atoms with Gasteiger partial charge in [-0.25, -0.2) is 9.13 Å². The molecule has 19 heteroatoms. The summed E-state index contributed by atoms with van der Waals surface area (Å²) in [6, 6.07) is 0. The highest BCUT2D eigenvalue weighted by atomic mass is 31.2. The molecule has 0 bridgehead atoms. The lowest BCUT2D eigenvalue weighted by Crippen LogP contribution is -2.30. The summed E-state index contributed by atoms with van der Waals surface area (Å²) in [6.45, 7) is 11.9. The highest BCUT2D eigenvalue weighted by molar-refractivity contribution is 7.47. The Balaban J connectivity index is 5.24. The molecular formula is C81H158O17P2. The number of carbonyl (C=O) groups is 4. The summed E-state index contributed by atoms with van der Waals surface area (Å²) >= 11 is 0. The molecule has 594 valence electrons. The van der Waals surface area contributed by atoms with E-state index in [-0.39, 0.29) is 25.7 Å². The quantitative estimate of drug-likeness (QED) is 0.0222. The van der Waals surface area contributed by atoms with Gasteiger partial charge in [0.2, 0.25) is 0 Å². The molecule has 3 N–H and O–H groups in total. The molecule has 0 aromatic rings. The van der Waals surface area contributed by atoms with E-state index < -0.39 is 97.5 Å². The maximum Gasteiger partial charge on any atom is 0.472 e. The molecule has 2 unspecified atom stereocenters. The van der Waals surface area contributed by atoms with Crippen LogP contribution in [-0.4, -0.2) is 96.7 Å². The third-order valence-electron chi connectivity index (χ3n) is 18.9. The van der Waals surface area contributed by atoms with E-state index >= 15 is 0 Å². The van der Waals surface area contributed by atoms with Crippen molar-refractivity contribution in [3.8, 4) is 0 Å². The molecule has 0 amide bonds. The Labute approximate surface area is 613 Å². The van der Waals surface area contributed by atoms with Crippen LogP contribution in [0.3, 0.4) is 0 Å². The molecule has 0 aliphatic carbocycles. The van der Waals surface area contributed by atoms with Crippen LogP contribution in [0.2, 0.25) is 0 Å². The molecule has 0 fully saturated rings. The van der Waals surface area contributed by atoms with Crippen LogP contribution in [0.1, 0.15) is 421 Å². The molecule has 17 nitrogen and oxygen atoms in total. The Hall–Kier alpha value is -1.94. The predicted molar refractivity (Wildman–Crippen MR) is 409 cm³/mol. The number of hydrogen-bond donors (Lipinski definition) is 3. The summed E-state index contributed by atoms with van der Waals surface area (Å²) in [4.78, 5) is 73.0. The van der Waals surface area contributed by atoms with Gasteiger partial charge in [-0.05, 0) is 43.4 Å². The zero-order valence-corrected chi connectivity index (χ0v) is 67.5. The summed E-state index contributed by atoms with van der Waals surface area (Å²) in [7, 11) is -9.92. The van der Waals surface area contributed by atoms with Gasteiger partial charge in [0.05, 0.1) is 26.4 Å². The van der Waals surface area contributed by atoms with Crippen molar-refractivity contribution in [3.63, 3.8) is 0 Å². The molecule has 0 saturated heterocycles. The van der Waals surface area contributed by atoms with Gasteiger partial charge >= 0.3 is 39.5 Å². The molecule has 0 aromatic heterocycles. The second-order valence-corrected chi connectivity index (χ2v) is 33.5. The Kier molecular flexibility index (Phi) is 69.9. The topological polar surface area (TPSA) is 237 Å². The average molecular weight is 1470 g/mol. The normalized spacial score (nSPS) is 14.0. The first-order valence-electron chi connectivity index (χ1n) is 41.8. The number of rotatable bonds is 79. The first kappa shape index (κ1) is 98.1. The predicted octanol–water partition coefficient (Wildman–Crippen LogP) is 24.1. The fraction of sp³-hybridized carbons (Fsp3) is 0.951. The third-order valence-corrected chi connectivity index (χ3v) is 20.8. The van der Waals surface area contributed by atoms with Crippen LogP contribution in [-0.2, 0) is 65.4 Å². The largest absolute Gasteiger partial charge is 0.472 e. The number of esters is 4. The minimum absolute atomic E-state index is 0.105. The van der Waals surface area contributed by atoms with E-state index in [4.69, 9.17) is 37.0 Å². The molecule has 0 heterocycles. The lowest BCUT2D eigenvalue weighted by molar-refractivity contribution is -0.161. The molecule has 0 aliphatic rings. The Morgan fingerprint density at radius 1 is 0.270 bits per heavy atom. The van der Waals surface area contributed by atoms with Crippen molar-refractivity contribution < 1.29 is 80.2 Å². The summed E-state index contributed by atoms with van der Waals surface area (Å²) < 4.78 is 68.7. The second-order valence-electron chi connectivity index (χ2n) is 30.6. The molecule has 5 atom stereocenters. The lowest BCUT2D eigenvalue weighted by Gasteiger charge is -2.21. The highest BCUT2D eigenvalue weighted by Gasteiger charge is 2.30. The van der Waals surface area contributed by atoms with Gasteiger partial charge < -0.3 is 33.8 Å². The van der Waals surface area contributed by atoms with E-state index in [0.29, 0.717) is 25.7 Å². The smallest absolute Gasteiger partial charge is 0.462 e. The number of phosphoric acid groups is 2. The van der Waals surface area contributed by atoms with E-state index in [1.165, 1.54) is 231 Å². The van der Waals surface area contributed by atoms with Crippen LogP contribution >= 0.6 is 15.6 Å². The van der Waals surface area contributed by atoms with Gasteiger partial charge in [0.15, 0.2) is 12.2 Å². The molecule has 100 heavy (non-hydrogen) atoms.